The summed E-state index contributed by atoms with van der Waals surface area (Å²) in [5.41, 5.74) is 0.464. The predicted molar refractivity (Wildman–Crippen MR) is 72.7 cm³/mol. The molecule has 1 fully saturated rings. The fourth-order valence-corrected chi connectivity index (χ4v) is 2.99. The number of halogens is 3. The van der Waals surface area contributed by atoms with E-state index in [4.69, 9.17) is 0 Å². The number of benzene rings is 1. The Bertz CT molecular complexity index is 662. The maximum atomic E-state index is 12.4. The van der Waals surface area contributed by atoms with Gasteiger partial charge in [-0.25, -0.2) is 4.98 Å². The number of carbonyl (C=O) groups is 1. The molecule has 1 aromatic heterocycles. The van der Waals surface area contributed by atoms with Gasteiger partial charge in [-0.05, 0) is 12.8 Å². The number of hydrogen-bond donors (Lipinski definition) is 1. The third-order valence-corrected chi connectivity index (χ3v) is 4.27. The van der Waals surface area contributed by atoms with Gasteiger partial charge < -0.3 is 5.32 Å². The SMILES string of the molecule is O=C(NC1(c2csc(-c3ccccc3)n2)CC1)C(F)(F)F. The van der Waals surface area contributed by atoms with Crippen LogP contribution >= 0.6 is 11.3 Å². The maximum absolute atomic E-state index is 12.4. The Morgan fingerprint density at radius 1 is 1.24 bits per heavy atom. The molecule has 1 aliphatic rings. The number of hydrogen-bond acceptors (Lipinski definition) is 3. The zero-order valence-corrected chi connectivity index (χ0v) is 11.6. The van der Waals surface area contributed by atoms with Crippen molar-refractivity contribution < 1.29 is 18.0 Å². The van der Waals surface area contributed by atoms with E-state index in [0.29, 0.717) is 18.5 Å². The summed E-state index contributed by atoms with van der Waals surface area (Å²) < 4.78 is 37.1. The van der Waals surface area contributed by atoms with Crippen LogP contribution in [0.25, 0.3) is 10.6 Å². The van der Waals surface area contributed by atoms with E-state index in [2.05, 4.69) is 10.3 Å². The van der Waals surface area contributed by atoms with Gasteiger partial charge in [-0.1, -0.05) is 30.3 Å². The van der Waals surface area contributed by atoms with E-state index in [1.54, 1.807) is 5.38 Å². The van der Waals surface area contributed by atoms with Crippen molar-refractivity contribution >= 4 is 17.2 Å². The fraction of sp³-hybridized carbons (Fsp3) is 0.286. The minimum Gasteiger partial charge on any atom is -0.337 e. The first-order chi connectivity index (χ1) is 9.91. The average Bonchev–Trinajstić information content (AvgIpc) is 3.05. The Labute approximate surface area is 122 Å². The number of nitrogens with zero attached hydrogens (tertiary/aromatic N) is 1. The second-order valence-corrected chi connectivity index (χ2v) is 5.80. The van der Waals surface area contributed by atoms with Crippen LogP contribution in [0.15, 0.2) is 35.7 Å². The highest BCUT2D eigenvalue weighted by Gasteiger charge is 2.52. The number of carbonyl (C=O) groups excluding carboxylic acids is 1. The number of thiazole rings is 1. The third kappa shape index (κ3) is 2.78. The standard InChI is InChI=1S/C14H11F3N2OS/c15-14(16,17)12(20)19-13(6-7-13)10-8-21-11(18-10)9-4-2-1-3-5-9/h1-5,8H,6-7H2,(H,19,20). The largest absolute Gasteiger partial charge is 0.471 e. The van der Waals surface area contributed by atoms with Gasteiger partial charge >= 0.3 is 12.1 Å². The third-order valence-electron chi connectivity index (χ3n) is 3.38. The minimum atomic E-state index is -4.87. The van der Waals surface area contributed by atoms with Crippen molar-refractivity contribution in [2.75, 3.05) is 0 Å². The first-order valence-corrected chi connectivity index (χ1v) is 7.19. The van der Waals surface area contributed by atoms with Crippen LogP contribution in [-0.4, -0.2) is 17.1 Å². The van der Waals surface area contributed by atoms with E-state index in [1.165, 1.54) is 11.3 Å². The normalized spacial score (nSPS) is 16.5. The summed E-state index contributed by atoms with van der Waals surface area (Å²) in [6, 6.07) is 9.39. The van der Waals surface area contributed by atoms with Gasteiger partial charge in [0.2, 0.25) is 0 Å². The lowest BCUT2D eigenvalue weighted by molar-refractivity contribution is -0.174. The van der Waals surface area contributed by atoms with Crippen LogP contribution in [0.2, 0.25) is 0 Å². The van der Waals surface area contributed by atoms with Crippen molar-refractivity contribution in [3.8, 4) is 10.6 Å². The Kier molecular flexibility index (Phi) is 3.24. The minimum absolute atomic E-state index is 0.479. The molecule has 0 spiro atoms. The van der Waals surface area contributed by atoms with Crippen molar-refractivity contribution in [2.24, 2.45) is 0 Å². The van der Waals surface area contributed by atoms with E-state index in [0.717, 1.165) is 10.6 Å². The molecule has 0 saturated heterocycles. The highest BCUT2D eigenvalue weighted by atomic mass is 32.1. The Morgan fingerprint density at radius 3 is 2.48 bits per heavy atom. The highest BCUT2D eigenvalue weighted by Crippen LogP contribution is 2.47. The number of aromatic nitrogens is 1. The monoisotopic (exact) mass is 312 g/mol. The quantitative estimate of drug-likeness (QED) is 0.943. The van der Waals surface area contributed by atoms with Gasteiger partial charge in [-0.2, -0.15) is 13.2 Å². The summed E-state index contributed by atoms with van der Waals surface area (Å²) in [5.74, 6) is -1.91. The molecule has 0 radical (unpaired) electrons. The summed E-state index contributed by atoms with van der Waals surface area (Å²) >= 11 is 1.36. The summed E-state index contributed by atoms with van der Waals surface area (Å²) in [6.07, 6.45) is -3.91. The van der Waals surface area contributed by atoms with E-state index < -0.39 is 17.6 Å². The van der Waals surface area contributed by atoms with Gasteiger partial charge in [0.25, 0.3) is 0 Å². The molecular formula is C14H11F3N2OS. The molecule has 1 saturated carbocycles. The summed E-state index contributed by atoms with van der Waals surface area (Å²) in [7, 11) is 0. The van der Waals surface area contributed by atoms with Crippen LogP contribution in [0.1, 0.15) is 18.5 Å². The molecule has 0 aliphatic heterocycles. The first kappa shape index (κ1) is 14.1. The van der Waals surface area contributed by atoms with Crippen molar-refractivity contribution in [1.29, 1.82) is 0 Å². The lowest BCUT2D eigenvalue weighted by atomic mass is 10.2. The number of rotatable bonds is 3. The molecule has 1 amide bonds. The van der Waals surface area contributed by atoms with E-state index >= 15 is 0 Å². The van der Waals surface area contributed by atoms with Crippen LogP contribution in [0.4, 0.5) is 13.2 Å². The van der Waals surface area contributed by atoms with Crippen molar-refractivity contribution in [3.63, 3.8) is 0 Å². The molecule has 1 N–H and O–H groups in total. The topological polar surface area (TPSA) is 42.0 Å². The van der Waals surface area contributed by atoms with Gasteiger partial charge in [0.1, 0.15) is 5.01 Å². The molecule has 1 heterocycles. The summed E-state index contributed by atoms with van der Waals surface area (Å²) in [5, 5.41) is 4.52. The van der Waals surface area contributed by atoms with Gasteiger partial charge in [-0.15, -0.1) is 11.3 Å². The van der Waals surface area contributed by atoms with Gasteiger partial charge in [0.05, 0.1) is 11.2 Å². The molecule has 21 heavy (non-hydrogen) atoms. The van der Waals surface area contributed by atoms with Gasteiger partial charge in [0.15, 0.2) is 0 Å². The molecule has 2 aromatic rings. The highest BCUT2D eigenvalue weighted by molar-refractivity contribution is 7.13. The van der Waals surface area contributed by atoms with Crippen LogP contribution < -0.4 is 5.32 Å². The van der Waals surface area contributed by atoms with Crippen molar-refractivity contribution in [1.82, 2.24) is 10.3 Å². The van der Waals surface area contributed by atoms with Crippen molar-refractivity contribution in [3.05, 3.63) is 41.4 Å². The molecule has 3 nitrogen and oxygen atoms in total. The van der Waals surface area contributed by atoms with Gasteiger partial charge in [0, 0.05) is 10.9 Å². The lowest BCUT2D eigenvalue weighted by Gasteiger charge is -2.16. The Morgan fingerprint density at radius 2 is 1.90 bits per heavy atom. The zero-order chi connectivity index (χ0) is 15.1. The Balaban J connectivity index is 1.82. The summed E-state index contributed by atoms with van der Waals surface area (Å²) in [6.45, 7) is 0. The van der Waals surface area contributed by atoms with E-state index in [9.17, 15) is 18.0 Å². The number of amides is 1. The maximum Gasteiger partial charge on any atom is 0.471 e. The van der Waals surface area contributed by atoms with Gasteiger partial charge in [-0.3, -0.25) is 4.79 Å². The first-order valence-electron chi connectivity index (χ1n) is 6.31. The van der Waals surface area contributed by atoms with Crippen LogP contribution in [0.3, 0.4) is 0 Å². The number of nitrogens with one attached hydrogen (secondary N) is 1. The van der Waals surface area contributed by atoms with Crippen molar-refractivity contribution in [2.45, 2.75) is 24.6 Å². The van der Waals surface area contributed by atoms with Crippen LogP contribution in [-0.2, 0) is 10.3 Å². The summed E-state index contributed by atoms with van der Waals surface area (Å²) in [4.78, 5) is 15.5. The molecule has 1 aliphatic carbocycles. The molecule has 110 valence electrons. The molecule has 0 bridgehead atoms. The molecular weight excluding hydrogens is 301 g/mol. The zero-order valence-electron chi connectivity index (χ0n) is 10.8. The van der Waals surface area contributed by atoms with E-state index in [1.807, 2.05) is 30.3 Å². The molecule has 1 aromatic carbocycles. The average molecular weight is 312 g/mol. The molecule has 7 heteroatoms. The Hall–Kier alpha value is -1.89. The van der Waals surface area contributed by atoms with Crippen LogP contribution in [0.5, 0.6) is 0 Å². The lowest BCUT2D eigenvalue weighted by Crippen LogP contribution is -2.43. The molecule has 3 rings (SSSR count). The number of alkyl halides is 3. The molecule has 0 atom stereocenters. The van der Waals surface area contributed by atoms with E-state index in [-0.39, 0.29) is 0 Å². The molecule has 0 unspecified atom stereocenters. The smallest absolute Gasteiger partial charge is 0.337 e. The fourth-order valence-electron chi connectivity index (χ4n) is 2.07. The van der Waals surface area contributed by atoms with Crippen LogP contribution in [0, 0.1) is 0 Å². The second kappa shape index (κ2) is 4.84. The second-order valence-electron chi connectivity index (χ2n) is 4.94. The predicted octanol–water partition coefficient (Wildman–Crippen LogP) is 3.48.